The predicted octanol–water partition coefficient (Wildman–Crippen LogP) is 3.85. The van der Waals surface area contributed by atoms with Crippen molar-refractivity contribution >= 4 is 11.9 Å². The quantitative estimate of drug-likeness (QED) is 0.813. The van der Waals surface area contributed by atoms with Crippen molar-refractivity contribution in [2.24, 2.45) is 4.99 Å². The lowest BCUT2D eigenvalue weighted by molar-refractivity contribution is 0.400. The third kappa shape index (κ3) is 3.97. The Hall–Kier alpha value is -2.87. The van der Waals surface area contributed by atoms with Crippen LogP contribution in [0.1, 0.15) is 48.9 Å². The Balaban J connectivity index is 2.50. The van der Waals surface area contributed by atoms with Crippen LogP contribution in [0.5, 0.6) is 5.88 Å². The minimum atomic E-state index is -0.449. The summed E-state index contributed by atoms with van der Waals surface area (Å²) in [5.41, 5.74) is 2.43. The molecule has 0 atom stereocenters. The van der Waals surface area contributed by atoms with E-state index in [4.69, 9.17) is 0 Å². The Morgan fingerprint density at radius 3 is 2.52 bits per heavy atom. The number of aryl methyl sites for hydroxylation is 1. The second kappa shape index (κ2) is 8.29. The van der Waals surface area contributed by atoms with Gasteiger partial charge < -0.3 is 5.11 Å². The van der Waals surface area contributed by atoms with Crippen molar-refractivity contribution in [2.75, 3.05) is 0 Å². The van der Waals surface area contributed by atoms with Crippen LogP contribution in [0, 0.1) is 18.3 Å². The number of nitrogens with zero attached hydrogens (tertiary/aromatic N) is 3. The van der Waals surface area contributed by atoms with Crippen molar-refractivity contribution in [1.29, 1.82) is 5.26 Å². The smallest absolute Gasteiger partial charge is 0.271 e. The average molecular weight is 337 g/mol. The lowest BCUT2D eigenvalue weighted by Crippen LogP contribution is -2.25. The van der Waals surface area contributed by atoms with E-state index in [2.05, 4.69) is 11.9 Å². The number of benzene rings is 1. The van der Waals surface area contributed by atoms with E-state index in [-0.39, 0.29) is 11.4 Å². The number of aromatic hydroxyl groups is 1. The molecule has 2 aromatic rings. The topological polar surface area (TPSA) is 78.4 Å². The monoisotopic (exact) mass is 337 g/mol. The van der Waals surface area contributed by atoms with Gasteiger partial charge in [-0.1, -0.05) is 32.4 Å². The van der Waals surface area contributed by atoms with Crippen LogP contribution in [0.3, 0.4) is 0 Å². The summed E-state index contributed by atoms with van der Waals surface area (Å²) >= 11 is 0. The first-order chi connectivity index (χ1) is 12.0. The molecule has 0 fully saturated rings. The molecule has 0 unspecified atom stereocenters. The molecule has 1 aromatic heterocycles. The summed E-state index contributed by atoms with van der Waals surface area (Å²) in [6, 6.07) is 9.77. The normalized spacial score (nSPS) is 11.0. The van der Waals surface area contributed by atoms with Gasteiger partial charge in [-0.05, 0) is 43.0 Å². The van der Waals surface area contributed by atoms with Crippen molar-refractivity contribution in [2.45, 2.75) is 46.6 Å². The number of nitriles is 1. The molecule has 1 heterocycles. The molecule has 0 saturated heterocycles. The second-order valence-corrected chi connectivity index (χ2v) is 5.94. The van der Waals surface area contributed by atoms with Gasteiger partial charge in [-0.3, -0.25) is 14.4 Å². The highest BCUT2D eigenvalue weighted by Gasteiger charge is 2.17. The molecule has 0 amide bonds. The van der Waals surface area contributed by atoms with Gasteiger partial charge in [0.1, 0.15) is 11.6 Å². The van der Waals surface area contributed by atoms with E-state index in [1.807, 2.05) is 37.3 Å². The SMILES string of the molecule is CCCCn1c(O)c(C=Nc2ccc(CC)cc2)c(C)c(C#N)c1=O. The zero-order chi connectivity index (χ0) is 18.4. The summed E-state index contributed by atoms with van der Waals surface area (Å²) < 4.78 is 1.26. The Bertz CT molecular complexity index is 872. The van der Waals surface area contributed by atoms with Crippen LogP contribution in [-0.4, -0.2) is 15.9 Å². The number of unbranched alkanes of at least 4 members (excludes halogenated alkanes) is 1. The van der Waals surface area contributed by atoms with Crippen LogP contribution >= 0.6 is 0 Å². The first kappa shape index (κ1) is 18.5. The highest BCUT2D eigenvalue weighted by Crippen LogP contribution is 2.22. The number of rotatable bonds is 6. The van der Waals surface area contributed by atoms with Crippen LogP contribution in [-0.2, 0) is 13.0 Å². The highest BCUT2D eigenvalue weighted by molar-refractivity contribution is 5.87. The van der Waals surface area contributed by atoms with E-state index in [1.54, 1.807) is 6.92 Å². The second-order valence-electron chi connectivity index (χ2n) is 5.94. The molecule has 1 aromatic carbocycles. The Morgan fingerprint density at radius 1 is 1.28 bits per heavy atom. The fraction of sp³-hybridized carbons (Fsp3) is 0.350. The average Bonchev–Trinajstić information content (AvgIpc) is 2.62. The molecule has 25 heavy (non-hydrogen) atoms. The van der Waals surface area contributed by atoms with Crippen LogP contribution in [0.25, 0.3) is 0 Å². The van der Waals surface area contributed by atoms with Gasteiger partial charge in [-0.2, -0.15) is 5.26 Å². The molecule has 0 bridgehead atoms. The van der Waals surface area contributed by atoms with Gasteiger partial charge in [0.2, 0.25) is 5.88 Å². The summed E-state index contributed by atoms with van der Waals surface area (Å²) in [6.45, 7) is 6.12. The largest absolute Gasteiger partial charge is 0.494 e. The molecule has 5 nitrogen and oxygen atoms in total. The Kier molecular flexibility index (Phi) is 6.13. The first-order valence-corrected chi connectivity index (χ1v) is 8.52. The number of aromatic nitrogens is 1. The predicted molar refractivity (Wildman–Crippen MR) is 99.8 cm³/mol. The number of pyridine rings is 1. The number of hydrogen-bond donors (Lipinski definition) is 1. The molecule has 0 aliphatic carbocycles. The standard InChI is InChI=1S/C20H23N3O2/c1-4-6-11-23-19(24)17(12-21)14(3)18(20(23)25)13-22-16-9-7-15(5-2)8-10-16/h7-10,13,25H,4-6,11H2,1-3H3. The summed E-state index contributed by atoms with van der Waals surface area (Å²) in [4.78, 5) is 16.8. The molecule has 2 rings (SSSR count). The summed E-state index contributed by atoms with van der Waals surface area (Å²) in [6.07, 6.45) is 4.11. The van der Waals surface area contributed by atoms with Gasteiger partial charge in [-0.15, -0.1) is 0 Å². The van der Waals surface area contributed by atoms with Gasteiger partial charge >= 0.3 is 0 Å². The minimum absolute atomic E-state index is 0.0525. The Morgan fingerprint density at radius 2 is 1.96 bits per heavy atom. The molecule has 0 aliphatic heterocycles. The fourth-order valence-corrected chi connectivity index (χ4v) is 2.61. The third-order valence-electron chi connectivity index (χ3n) is 4.27. The Labute approximate surface area is 147 Å². The van der Waals surface area contributed by atoms with E-state index >= 15 is 0 Å². The van der Waals surface area contributed by atoms with E-state index < -0.39 is 5.56 Å². The zero-order valence-electron chi connectivity index (χ0n) is 14.9. The van der Waals surface area contributed by atoms with E-state index in [1.165, 1.54) is 16.3 Å². The van der Waals surface area contributed by atoms with Crippen LogP contribution in [0.4, 0.5) is 5.69 Å². The molecular formula is C20H23N3O2. The van der Waals surface area contributed by atoms with E-state index in [0.29, 0.717) is 17.7 Å². The minimum Gasteiger partial charge on any atom is -0.494 e. The molecule has 0 spiro atoms. The number of aliphatic imine (C=N–C) groups is 1. The molecular weight excluding hydrogens is 314 g/mol. The van der Waals surface area contributed by atoms with E-state index in [9.17, 15) is 15.2 Å². The van der Waals surface area contributed by atoms with Gasteiger partial charge in [-0.25, -0.2) is 0 Å². The van der Waals surface area contributed by atoms with Gasteiger partial charge in [0, 0.05) is 12.8 Å². The molecule has 130 valence electrons. The van der Waals surface area contributed by atoms with Crippen LogP contribution in [0.15, 0.2) is 34.1 Å². The maximum absolute atomic E-state index is 12.4. The van der Waals surface area contributed by atoms with Gasteiger partial charge in [0.15, 0.2) is 0 Å². The summed E-state index contributed by atoms with van der Waals surface area (Å²) in [5, 5.41) is 19.8. The third-order valence-corrected chi connectivity index (χ3v) is 4.27. The molecule has 0 aliphatic rings. The lowest BCUT2D eigenvalue weighted by atomic mass is 10.1. The van der Waals surface area contributed by atoms with Crippen molar-refractivity contribution in [3.63, 3.8) is 0 Å². The fourth-order valence-electron chi connectivity index (χ4n) is 2.61. The molecule has 1 N–H and O–H groups in total. The maximum atomic E-state index is 12.4. The van der Waals surface area contributed by atoms with Gasteiger partial charge in [0.05, 0.1) is 11.3 Å². The van der Waals surface area contributed by atoms with Crippen molar-refractivity contribution in [3.8, 4) is 11.9 Å². The highest BCUT2D eigenvalue weighted by atomic mass is 16.3. The lowest BCUT2D eigenvalue weighted by Gasteiger charge is -2.13. The number of hydrogen-bond acceptors (Lipinski definition) is 4. The van der Waals surface area contributed by atoms with E-state index in [0.717, 1.165) is 24.9 Å². The maximum Gasteiger partial charge on any atom is 0.271 e. The van der Waals surface area contributed by atoms with Crippen LogP contribution < -0.4 is 5.56 Å². The zero-order valence-corrected chi connectivity index (χ0v) is 14.9. The molecule has 0 saturated carbocycles. The van der Waals surface area contributed by atoms with Crippen molar-refractivity contribution < 1.29 is 5.11 Å². The summed E-state index contributed by atoms with van der Waals surface area (Å²) in [7, 11) is 0. The molecule has 0 radical (unpaired) electrons. The van der Waals surface area contributed by atoms with Gasteiger partial charge in [0.25, 0.3) is 5.56 Å². The summed E-state index contributed by atoms with van der Waals surface area (Å²) in [5.74, 6) is -0.135. The van der Waals surface area contributed by atoms with Crippen molar-refractivity contribution in [3.05, 3.63) is 56.9 Å². The van der Waals surface area contributed by atoms with Crippen molar-refractivity contribution in [1.82, 2.24) is 4.57 Å². The molecule has 5 heteroatoms. The first-order valence-electron chi connectivity index (χ1n) is 8.52. The van der Waals surface area contributed by atoms with Crippen LogP contribution in [0.2, 0.25) is 0 Å².